The van der Waals surface area contributed by atoms with E-state index >= 15 is 0 Å². The van der Waals surface area contributed by atoms with Gasteiger partial charge in [0.15, 0.2) is 6.61 Å². The highest BCUT2D eigenvalue weighted by molar-refractivity contribution is 4.28. The maximum Gasteiger partial charge on any atom is 0.184 e. The highest BCUT2D eigenvalue weighted by Crippen LogP contribution is 1.66. The molecule has 0 aliphatic carbocycles. The van der Waals surface area contributed by atoms with Crippen LogP contribution in [0.25, 0.3) is 0 Å². The predicted molar refractivity (Wildman–Crippen MR) is 23.3 cm³/mol. The highest BCUT2D eigenvalue weighted by atomic mass is 16.5. The van der Waals surface area contributed by atoms with Crippen LogP contribution >= 0.6 is 0 Å². The molecule has 0 heterocycles. The van der Waals surface area contributed by atoms with Crippen LogP contribution in [0.15, 0.2) is 0 Å². The summed E-state index contributed by atoms with van der Waals surface area (Å²) in [5.41, 5.74) is 0. The van der Waals surface area contributed by atoms with Crippen molar-refractivity contribution in [2.75, 3.05) is 19.8 Å². The van der Waals surface area contributed by atoms with Gasteiger partial charge >= 0.3 is 0 Å². The molecule has 0 unspecified atom stereocenters. The van der Waals surface area contributed by atoms with Crippen LogP contribution in [0.2, 0.25) is 0 Å². The first kappa shape index (κ1) is 5.79. The van der Waals surface area contributed by atoms with Gasteiger partial charge in [0, 0.05) is 0 Å². The van der Waals surface area contributed by atoms with Gasteiger partial charge in [0.2, 0.25) is 0 Å². The Morgan fingerprint density at radius 2 is 2.33 bits per heavy atom. The zero-order valence-corrected chi connectivity index (χ0v) is 3.68. The van der Waals surface area contributed by atoms with E-state index in [4.69, 9.17) is 5.11 Å². The Balaban J connectivity index is 2.34. The average Bonchev–Trinajstić information content (AvgIpc) is 1.61. The standard InChI is InChI=1S/C4H9O2/c1-2-6-4-3-5/h5H,1-4H2/q+1. The maximum atomic E-state index is 8.04. The third-order valence-electron chi connectivity index (χ3n) is 0.380. The summed E-state index contributed by atoms with van der Waals surface area (Å²) < 4.78 is 4.62. The fourth-order valence-electron chi connectivity index (χ4n) is 0.167. The molecular weight excluding hydrogens is 80.0 g/mol. The molecule has 0 saturated carbocycles. The van der Waals surface area contributed by atoms with Gasteiger partial charge < -0.3 is 9.84 Å². The third kappa shape index (κ3) is 3.79. The zero-order chi connectivity index (χ0) is 4.83. The summed E-state index contributed by atoms with van der Waals surface area (Å²) in [7, 11) is 0. The Bertz CT molecular complexity index is 17.5. The van der Waals surface area contributed by atoms with Crippen molar-refractivity contribution in [2.45, 2.75) is 0 Å². The molecule has 0 rings (SSSR count). The number of aliphatic hydroxyl groups is 1. The first-order valence-corrected chi connectivity index (χ1v) is 1.89. The van der Waals surface area contributed by atoms with Crippen molar-refractivity contribution < 1.29 is 9.84 Å². The van der Waals surface area contributed by atoms with Crippen LogP contribution in [0.3, 0.4) is 0 Å². The molecule has 0 radical (unpaired) electrons. The molecule has 0 aromatic heterocycles. The molecule has 0 spiro atoms. The summed E-state index contributed by atoms with van der Waals surface area (Å²) in [5.74, 6) is 0. The Morgan fingerprint density at radius 1 is 1.67 bits per heavy atom. The van der Waals surface area contributed by atoms with Crippen LogP contribution in [0.4, 0.5) is 0 Å². The number of rotatable bonds is 3. The lowest BCUT2D eigenvalue weighted by atomic mass is 10.8. The van der Waals surface area contributed by atoms with E-state index in [9.17, 15) is 0 Å². The topological polar surface area (TPSA) is 29.5 Å². The molecule has 0 aliphatic rings. The molecular formula is C4H9O2+. The largest absolute Gasteiger partial charge is 0.394 e. The van der Waals surface area contributed by atoms with Crippen molar-refractivity contribution >= 4 is 0 Å². The van der Waals surface area contributed by atoms with Gasteiger partial charge in [0.1, 0.15) is 0 Å². The molecule has 0 amide bonds. The number of hydrogen-bond acceptors (Lipinski definition) is 2. The van der Waals surface area contributed by atoms with Crippen molar-refractivity contribution in [1.29, 1.82) is 0 Å². The lowest BCUT2D eigenvalue weighted by Crippen LogP contribution is -1.96. The summed E-state index contributed by atoms with van der Waals surface area (Å²) in [4.78, 5) is 0. The molecule has 6 heavy (non-hydrogen) atoms. The molecule has 0 atom stereocenters. The first-order valence-electron chi connectivity index (χ1n) is 1.89. The summed E-state index contributed by atoms with van der Waals surface area (Å²) in [5, 5.41) is 8.04. The molecule has 0 aromatic carbocycles. The van der Waals surface area contributed by atoms with Crippen LogP contribution in [0.1, 0.15) is 0 Å². The predicted octanol–water partition coefficient (Wildman–Crippen LogP) is -0.171. The van der Waals surface area contributed by atoms with E-state index in [0.717, 1.165) is 0 Å². The van der Waals surface area contributed by atoms with Crippen LogP contribution in [-0.4, -0.2) is 24.9 Å². The van der Waals surface area contributed by atoms with Crippen LogP contribution < -0.4 is 0 Å². The lowest BCUT2D eigenvalue weighted by molar-refractivity contribution is 0.111. The molecule has 0 bridgehead atoms. The number of ether oxygens (including phenoxy) is 1. The molecule has 0 aliphatic heterocycles. The smallest absolute Gasteiger partial charge is 0.184 e. The van der Waals surface area contributed by atoms with Gasteiger partial charge in [-0.3, -0.25) is 0 Å². The van der Waals surface area contributed by atoms with Crippen LogP contribution in [0.5, 0.6) is 0 Å². The molecule has 0 aromatic rings. The summed E-state index contributed by atoms with van der Waals surface area (Å²) in [6.45, 7) is 4.33. The van der Waals surface area contributed by atoms with Crippen LogP contribution in [-0.2, 0) is 4.74 Å². The second-order valence-electron chi connectivity index (χ2n) is 0.836. The van der Waals surface area contributed by atoms with Crippen molar-refractivity contribution in [3.05, 3.63) is 6.92 Å². The normalized spacial score (nSPS) is 8.83. The summed E-state index contributed by atoms with van der Waals surface area (Å²) in [6, 6.07) is 0. The second-order valence-corrected chi connectivity index (χ2v) is 0.836. The van der Waals surface area contributed by atoms with Crippen LogP contribution in [0, 0.1) is 6.92 Å². The van der Waals surface area contributed by atoms with Crippen molar-refractivity contribution in [2.24, 2.45) is 0 Å². The van der Waals surface area contributed by atoms with Gasteiger partial charge in [-0.2, -0.15) is 0 Å². The van der Waals surface area contributed by atoms with Crippen molar-refractivity contribution in [1.82, 2.24) is 0 Å². The van der Waals surface area contributed by atoms with Gasteiger partial charge in [-0.15, -0.1) is 0 Å². The molecule has 0 saturated heterocycles. The first-order chi connectivity index (χ1) is 2.91. The fourth-order valence-corrected chi connectivity index (χ4v) is 0.167. The summed E-state index contributed by atoms with van der Waals surface area (Å²) in [6.07, 6.45) is 0. The Labute approximate surface area is 37.7 Å². The SMILES string of the molecule is [CH2+]COCCO. The minimum absolute atomic E-state index is 0.0928. The average molecular weight is 89.1 g/mol. The molecule has 36 valence electrons. The Kier molecular flexibility index (Phi) is 4.62. The third-order valence-corrected chi connectivity index (χ3v) is 0.380. The van der Waals surface area contributed by atoms with Crippen molar-refractivity contribution in [3.63, 3.8) is 0 Å². The molecule has 1 N–H and O–H groups in total. The minimum atomic E-state index is 0.0928. The van der Waals surface area contributed by atoms with Gasteiger partial charge in [-0.25, -0.2) is 0 Å². The monoisotopic (exact) mass is 89.1 g/mol. The van der Waals surface area contributed by atoms with E-state index in [-0.39, 0.29) is 6.61 Å². The van der Waals surface area contributed by atoms with E-state index in [2.05, 4.69) is 11.7 Å². The van der Waals surface area contributed by atoms with Gasteiger partial charge in [-0.05, 0) is 0 Å². The summed E-state index contributed by atoms with van der Waals surface area (Å²) >= 11 is 0. The molecule has 0 fully saturated rings. The highest BCUT2D eigenvalue weighted by Gasteiger charge is 1.78. The van der Waals surface area contributed by atoms with Crippen molar-refractivity contribution in [3.8, 4) is 0 Å². The van der Waals surface area contributed by atoms with Gasteiger partial charge in [0.05, 0.1) is 20.1 Å². The van der Waals surface area contributed by atoms with E-state index in [1.54, 1.807) is 0 Å². The van der Waals surface area contributed by atoms with E-state index in [0.29, 0.717) is 13.2 Å². The number of hydrogen-bond donors (Lipinski definition) is 1. The quantitative estimate of drug-likeness (QED) is 0.384. The lowest BCUT2D eigenvalue weighted by Gasteiger charge is -1.86. The van der Waals surface area contributed by atoms with E-state index in [1.165, 1.54) is 0 Å². The van der Waals surface area contributed by atoms with Gasteiger partial charge in [0.25, 0.3) is 0 Å². The zero-order valence-electron chi connectivity index (χ0n) is 3.68. The number of aliphatic hydroxyl groups excluding tert-OH is 1. The Morgan fingerprint density at radius 3 is 2.50 bits per heavy atom. The second kappa shape index (κ2) is 4.79. The molecule has 2 nitrogen and oxygen atoms in total. The minimum Gasteiger partial charge on any atom is -0.394 e. The maximum absolute atomic E-state index is 8.04. The fraction of sp³-hybridized carbons (Fsp3) is 0.750. The van der Waals surface area contributed by atoms with Gasteiger partial charge in [-0.1, -0.05) is 0 Å². The van der Waals surface area contributed by atoms with E-state index < -0.39 is 0 Å². The van der Waals surface area contributed by atoms with E-state index in [1.807, 2.05) is 0 Å². The Hall–Kier alpha value is -0.210. The molecule has 2 heteroatoms.